The lowest BCUT2D eigenvalue weighted by Crippen LogP contribution is -2.30. The minimum Gasteiger partial charge on any atom is -0.272 e. The van der Waals surface area contributed by atoms with Crippen LogP contribution in [0.3, 0.4) is 0 Å². The highest BCUT2D eigenvalue weighted by Gasteiger charge is 2.17. The van der Waals surface area contributed by atoms with Gasteiger partial charge in [0.15, 0.2) is 5.82 Å². The fourth-order valence-electron chi connectivity index (χ4n) is 2.31. The van der Waals surface area contributed by atoms with Gasteiger partial charge in [-0.3, -0.25) is 15.0 Å². The van der Waals surface area contributed by atoms with Crippen molar-refractivity contribution in [3.05, 3.63) is 39.9 Å². The highest BCUT2D eigenvalue weighted by molar-refractivity contribution is 5.88. The number of rotatable bonds is 2. The maximum Gasteiger partial charge on any atom is 0.270 e. The molecule has 0 atom stereocenters. The van der Waals surface area contributed by atoms with E-state index in [1.807, 2.05) is 0 Å². The second-order valence-corrected chi connectivity index (χ2v) is 4.74. The summed E-state index contributed by atoms with van der Waals surface area (Å²) in [5, 5.41) is 22.3. The third-order valence-electron chi connectivity index (χ3n) is 3.37. The number of non-ortho nitro benzene ring substituents is 1. The summed E-state index contributed by atoms with van der Waals surface area (Å²) in [6.07, 6.45) is 2.00. The van der Waals surface area contributed by atoms with Crippen LogP contribution in [0.4, 0.5) is 11.5 Å². The molecule has 0 spiro atoms. The number of aromatic nitrogens is 1. The van der Waals surface area contributed by atoms with E-state index >= 15 is 0 Å². The monoisotopic (exact) mass is 284 g/mol. The van der Waals surface area contributed by atoms with Crippen LogP contribution < -0.4 is 5.06 Å². The Balaban J connectivity index is 2.12. The molecule has 106 valence electrons. The fraction of sp³-hybridized carbons (Fsp3) is 0.286. The molecule has 1 aromatic carbocycles. The van der Waals surface area contributed by atoms with Crippen molar-refractivity contribution in [2.75, 3.05) is 18.2 Å². The van der Waals surface area contributed by atoms with Gasteiger partial charge in [-0.05, 0) is 18.9 Å². The lowest BCUT2D eigenvalue weighted by Gasteiger charge is -2.27. The number of pyridine rings is 1. The minimum atomic E-state index is -0.484. The van der Waals surface area contributed by atoms with Gasteiger partial charge in [-0.15, -0.1) is 0 Å². The van der Waals surface area contributed by atoms with Gasteiger partial charge in [0.1, 0.15) is 0 Å². The van der Waals surface area contributed by atoms with E-state index in [0.29, 0.717) is 28.9 Å². The van der Waals surface area contributed by atoms with Crippen LogP contribution in [0.1, 0.15) is 18.4 Å². The first-order chi connectivity index (χ1) is 10.2. The maximum absolute atomic E-state index is 10.8. The third kappa shape index (κ3) is 2.49. The number of hydrogen-bond acceptors (Lipinski definition) is 6. The normalized spacial score (nSPS) is 14.9. The molecule has 0 radical (unpaired) electrons. The molecule has 0 saturated carbocycles. The summed E-state index contributed by atoms with van der Waals surface area (Å²) >= 11 is 0. The Morgan fingerprint density at radius 3 is 2.90 bits per heavy atom. The van der Waals surface area contributed by atoms with Crippen LogP contribution in [0.2, 0.25) is 0 Å². The highest BCUT2D eigenvalue weighted by Crippen LogP contribution is 2.27. The second kappa shape index (κ2) is 5.34. The Hall–Kier alpha value is -2.72. The van der Waals surface area contributed by atoms with Crippen LogP contribution in [-0.4, -0.2) is 23.1 Å². The van der Waals surface area contributed by atoms with Gasteiger partial charge in [0.2, 0.25) is 0 Å². The summed E-state index contributed by atoms with van der Waals surface area (Å²) in [4.78, 5) is 20.3. The van der Waals surface area contributed by atoms with Gasteiger partial charge in [0.25, 0.3) is 5.69 Å². The summed E-state index contributed by atoms with van der Waals surface area (Å²) in [7, 11) is 0. The average Bonchev–Trinajstić information content (AvgIpc) is 2.54. The first-order valence-electron chi connectivity index (χ1n) is 6.59. The summed E-state index contributed by atoms with van der Waals surface area (Å²) in [6, 6.07) is 8.00. The molecule has 21 heavy (non-hydrogen) atoms. The van der Waals surface area contributed by atoms with E-state index in [1.165, 1.54) is 12.1 Å². The second-order valence-electron chi connectivity index (χ2n) is 4.74. The SMILES string of the molecule is N#Cc1cc(N2CCCCO2)nc2ccc([N+](=O)[O-])cc12. The number of hydroxylamine groups is 1. The van der Waals surface area contributed by atoms with E-state index in [1.54, 1.807) is 17.2 Å². The number of nitrogens with zero attached hydrogens (tertiary/aromatic N) is 4. The number of hydrogen-bond donors (Lipinski definition) is 0. The minimum absolute atomic E-state index is 0.0530. The molecule has 0 amide bonds. The van der Waals surface area contributed by atoms with Gasteiger partial charge in [0.05, 0.1) is 28.7 Å². The van der Waals surface area contributed by atoms with Gasteiger partial charge in [-0.2, -0.15) is 5.26 Å². The van der Waals surface area contributed by atoms with Crippen molar-refractivity contribution >= 4 is 22.4 Å². The Morgan fingerprint density at radius 1 is 1.38 bits per heavy atom. The van der Waals surface area contributed by atoms with Crippen LogP contribution in [0, 0.1) is 21.4 Å². The van der Waals surface area contributed by atoms with Gasteiger partial charge < -0.3 is 0 Å². The summed E-state index contributed by atoms with van der Waals surface area (Å²) < 4.78 is 0. The van der Waals surface area contributed by atoms with Gasteiger partial charge in [-0.25, -0.2) is 10.0 Å². The average molecular weight is 284 g/mol. The molecule has 7 nitrogen and oxygen atoms in total. The Labute approximate surface area is 120 Å². The third-order valence-corrected chi connectivity index (χ3v) is 3.37. The zero-order chi connectivity index (χ0) is 14.8. The van der Waals surface area contributed by atoms with Crippen LogP contribution in [0.25, 0.3) is 10.9 Å². The number of nitro groups is 1. The van der Waals surface area contributed by atoms with Gasteiger partial charge in [0, 0.05) is 30.1 Å². The molecule has 1 saturated heterocycles. The van der Waals surface area contributed by atoms with E-state index in [0.717, 1.165) is 19.4 Å². The lowest BCUT2D eigenvalue weighted by atomic mass is 10.1. The Bertz CT molecular complexity index is 748. The number of nitro benzene ring substituents is 1. The van der Waals surface area contributed by atoms with Crippen LogP contribution in [-0.2, 0) is 4.84 Å². The molecule has 0 aliphatic carbocycles. The zero-order valence-electron chi connectivity index (χ0n) is 11.2. The quantitative estimate of drug-likeness (QED) is 0.621. The Kier molecular flexibility index (Phi) is 3.38. The first kappa shape index (κ1) is 13.3. The molecule has 1 fully saturated rings. The maximum atomic E-state index is 10.8. The Morgan fingerprint density at radius 2 is 2.24 bits per heavy atom. The topological polar surface area (TPSA) is 92.3 Å². The molecule has 2 aromatic rings. The number of nitriles is 1. The van der Waals surface area contributed by atoms with Crippen molar-refractivity contribution < 1.29 is 9.76 Å². The smallest absolute Gasteiger partial charge is 0.270 e. The van der Waals surface area contributed by atoms with E-state index in [4.69, 9.17) is 4.84 Å². The highest BCUT2D eigenvalue weighted by atomic mass is 16.7. The molecule has 2 heterocycles. The first-order valence-corrected chi connectivity index (χ1v) is 6.59. The molecular weight excluding hydrogens is 272 g/mol. The number of benzene rings is 1. The molecule has 1 aromatic heterocycles. The van der Waals surface area contributed by atoms with E-state index in [9.17, 15) is 15.4 Å². The standard InChI is InChI=1S/C14H12N4O3/c15-9-10-7-14(17-5-1-2-6-21-17)16-13-4-3-11(18(19)20)8-12(10)13/h3-4,7-8H,1-2,5-6H2. The van der Waals surface area contributed by atoms with Crippen LogP contribution in [0.5, 0.6) is 0 Å². The van der Waals surface area contributed by atoms with Gasteiger partial charge >= 0.3 is 0 Å². The number of fused-ring (bicyclic) bond motifs is 1. The summed E-state index contributed by atoms with van der Waals surface area (Å²) in [6.45, 7) is 1.35. The van der Waals surface area contributed by atoms with Crippen molar-refractivity contribution in [2.24, 2.45) is 0 Å². The van der Waals surface area contributed by atoms with Gasteiger partial charge in [-0.1, -0.05) is 0 Å². The fourth-order valence-corrected chi connectivity index (χ4v) is 2.31. The molecule has 0 bridgehead atoms. The molecule has 1 aliphatic rings. The summed E-state index contributed by atoms with van der Waals surface area (Å²) in [5.41, 5.74) is 0.847. The summed E-state index contributed by atoms with van der Waals surface area (Å²) in [5.74, 6) is 0.563. The van der Waals surface area contributed by atoms with Crippen LogP contribution in [0.15, 0.2) is 24.3 Å². The molecule has 0 unspecified atom stereocenters. The number of anilines is 1. The van der Waals surface area contributed by atoms with Crippen molar-refractivity contribution in [1.82, 2.24) is 4.98 Å². The zero-order valence-corrected chi connectivity index (χ0v) is 11.2. The van der Waals surface area contributed by atoms with E-state index < -0.39 is 4.92 Å². The predicted molar refractivity (Wildman–Crippen MR) is 75.6 cm³/mol. The van der Waals surface area contributed by atoms with E-state index in [-0.39, 0.29) is 5.69 Å². The van der Waals surface area contributed by atoms with Crippen molar-refractivity contribution in [3.8, 4) is 6.07 Å². The van der Waals surface area contributed by atoms with Crippen molar-refractivity contribution in [2.45, 2.75) is 12.8 Å². The molecule has 3 rings (SSSR count). The predicted octanol–water partition coefficient (Wildman–Crippen LogP) is 2.55. The van der Waals surface area contributed by atoms with E-state index in [2.05, 4.69) is 11.1 Å². The van der Waals surface area contributed by atoms with Crippen molar-refractivity contribution in [1.29, 1.82) is 5.26 Å². The molecule has 1 aliphatic heterocycles. The van der Waals surface area contributed by atoms with Crippen molar-refractivity contribution in [3.63, 3.8) is 0 Å². The molecule has 0 N–H and O–H groups in total. The molecule has 7 heteroatoms. The largest absolute Gasteiger partial charge is 0.272 e. The lowest BCUT2D eigenvalue weighted by molar-refractivity contribution is -0.384. The molecular formula is C14H12N4O3. The van der Waals surface area contributed by atoms with Crippen LogP contribution >= 0.6 is 0 Å².